The smallest absolute Gasteiger partial charge is 0.379 e. The van der Waals surface area contributed by atoms with Gasteiger partial charge >= 0.3 is 31.1 Å². The fourth-order valence-electron chi connectivity index (χ4n) is 2.00. The summed E-state index contributed by atoms with van der Waals surface area (Å²) in [5.74, 6) is 0. The molecular formula is C8H20BFO14P4. The molecule has 1 saturated heterocycles. The summed E-state index contributed by atoms with van der Waals surface area (Å²) in [7, 11) is -18.5. The number of alkyl halides is 1. The van der Waals surface area contributed by atoms with Crippen molar-refractivity contribution >= 4 is 38.9 Å². The normalized spacial score (nSPS) is 31.4. The van der Waals surface area contributed by atoms with Crippen molar-refractivity contribution in [1.82, 2.24) is 0 Å². The van der Waals surface area contributed by atoms with Crippen LogP contribution in [0.1, 0.15) is 13.3 Å². The number of hydrogen-bond acceptors (Lipinski definition) is 10. The standard InChI is InChI=1S/C8H20BFO14P4/c1-2-25(11,12)23-28(17,18)24-27(15,16)19-4-7-6(3-8(9)21-7)22-26(13,14)20-5-10/h6-8H,2-5,9H2,1H3,(H,11,12)(H,13,14)(H,15,16)(H,17,18)/t6-,7+,8+/m0/s1. The van der Waals surface area contributed by atoms with Crippen molar-refractivity contribution in [3.63, 3.8) is 0 Å². The predicted octanol–water partition coefficient (Wildman–Crippen LogP) is 0.620. The first-order valence-corrected chi connectivity index (χ1v) is 13.8. The quantitative estimate of drug-likeness (QED) is 0.217. The minimum atomic E-state index is -5.45. The van der Waals surface area contributed by atoms with Crippen molar-refractivity contribution in [3.8, 4) is 0 Å². The van der Waals surface area contributed by atoms with Gasteiger partial charge in [0.2, 0.25) is 0 Å². The van der Waals surface area contributed by atoms with Gasteiger partial charge in [-0.05, 0) is 6.42 Å². The molecule has 1 heterocycles. The van der Waals surface area contributed by atoms with Crippen molar-refractivity contribution in [2.75, 3.05) is 19.6 Å². The number of phosphoric acid groups is 3. The Balaban J connectivity index is 2.71. The van der Waals surface area contributed by atoms with Gasteiger partial charge < -0.3 is 24.3 Å². The lowest BCUT2D eigenvalue weighted by atomic mass is 9.96. The van der Waals surface area contributed by atoms with E-state index in [4.69, 9.17) is 14.2 Å². The van der Waals surface area contributed by atoms with Crippen LogP contribution in [0.4, 0.5) is 4.39 Å². The minimum absolute atomic E-state index is 0.0105. The summed E-state index contributed by atoms with van der Waals surface area (Å²) in [5, 5.41) is 0. The molecule has 14 nitrogen and oxygen atoms in total. The van der Waals surface area contributed by atoms with Crippen LogP contribution < -0.4 is 0 Å². The molecule has 166 valence electrons. The van der Waals surface area contributed by atoms with E-state index >= 15 is 0 Å². The SMILES string of the molecule is B[C@H]1C[C@H](OP(=O)(O)OCF)[C@@H](COP(=O)(O)OP(=O)(O)OP(=O)(O)CC)O1. The molecule has 28 heavy (non-hydrogen) atoms. The highest BCUT2D eigenvalue weighted by atomic mass is 31.3. The van der Waals surface area contributed by atoms with E-state index in [1.807, 2.05) is 0 Å². The van der Waals surface area contributed by atoms with Crippen LogP contribution in [0.15, 0.2) is 0 Å². The van der Waals surface area contributed by atoms with Gasteiger partial charge in [0.05, 0.1) is 12.7 Å². The Kier molecular flexibility index (Phi) is 9.69. The van der Waals surface area contributed by atoms with Crippen LogP contribution in [0.5, 0.6) is 0 Å². The second-order valence-corrected chi connectivity index (χ2v) is 12.2. The van der Waals surface area contributed by atoms with E-state index in [9.17, 15) is 37.3 Å². The fraction of sp³-hybridized carbons (Fsp3) is 1.00. The average Bonchev–Trinajstić information content (AvgIpc) is 2.81. The molecule has 1 fully saturated rings. The largest absolute Gasteiger partial charge is 0.488 e. The molecule has 0 saturated carbocycles. The second-order valence-electron chi connectivity index (χ2n) is 5.42. The highest BCUT2D eigenvalue weighted by molar-refractivity contribution is 7.68. The van der Waals surface area contributed by atoms with E-state index in [1.54, 1.807) is 0 Å². The van der Waals surface area contributed by atoms with Crippen LogP contribution in [0.25, 0.3) is 0 Å². The molecule has 1 rings (SSSR count). The Hall–Kier alpha value is 0.515. The third-order valence-corrected chi connectivity index (χ3v) is 8.84. The predicted molar refractivity (Wildman–Crippen MR) is 91.7 cm³/mol. The Bertz CT molecular complexity index is 719. The number of ether oxygens (including phenoxy) is 1. The fourth-order valence-corrected chi connectivity index (χ4v) is 6.45. The molecule has 0 aliphatic carbocycles. The minimum Gasteiger partial charge on any atom is -0.379 e. The first kappa shape index (κ1) is 26.6. The summed E-state index contributed by atoms with van der Waals surface area (Å²) < 4.78 is 84.3. The monoisotopic (exact) mass is 494 g/mol. The molecule has 4 N–H and O–H groups in total. The molecule has 0 amide bonds. The maximum absolute atomic E-state index is 12.1. The topological polar surface area (TPSA) is 205 Å². The van der Waals surface area contributed by atoms with Crippen LogP contribution in [0, 0.1) is 0 Å². The molecule has 0 aromatic heterocycles. The first-order chi connectivity index (χ1) is 12.6. The lowest BCUT2D eigenvalue weighted by molar-refractivity contribution is -0.0104. The molecule has 0 aromatic rings. The molecule has 0 aromatic carbocycles. The zero-order chi connectivity index (χ0) is 21.8. The number of phosphoric ester groups is 2. The zero-order valence-electron chi connectivity index (χ0n) is 14.6. The van der Waals surface area contributed by atoms with E-state index in [2.05, 4.69) is 17.7 Å². The molecule has 4 unspecified atom stereocenters. The summed E-state index contributed by atoms with van der Waals surface area (Å²) in [5.41, 5.74) is 0. The lowest BCUT2D eigenvalue weighted by Crippen LogP contribution is -2.28. The van der Waals surface area contributed by atoms with Crippen LogP contribution >= 0.6 is 31.1 Å². The lowest BCUT2D eigenvalue weighted by Gasteiger charge is -2.22. The van der Waals surface area contributed by atoms with Gasteiger partial charge in [-0.3, -0.25) is 18.1 Å². The highest BCUT2D eigenvalue weighted by Gasteiger charge is 2.43. The van der Waals surface area contributed by atoms with E-state index in [-0.39, 0.29) is 6.42 Å². The van der Waals surface area contributed by atoms with Crippen molar-refractivity contribution in [1.29, 1.82) is 0 Å². The van der Waals surface area contributed by atoms with Gasteiger partial charge in [0.1, 0.15) is 14.0 Å². The molecular weight excluding hydrogens is 474 g/mol. The first-order valence-electron chi connectivity index (χ1n) is 7.52. The van der Waals surface area contributed by atoms with Gasteiger partial charge in [-0.1, -0.05) is 6.92 Å². The molecule has 1 aliphatic rings. The van der Waals surface area contributed by atoms with Gasteiger partial charge in [-0.25, -0.2) is 22.4 Å². The molecule has 0 spiro atoms. The summed E-state index contributed by atoms with van der Waals surface area (Å²) >= 11 is 0. The zero-order valence-corrected chi connectivity index (χ0v) is 18.2. The number of hydrogen-bond donors (Lipinski definition) is 4. The van der Waals surface area contributed by atoms with Gasteiger partial charge in [-0.2, -0.15) is 4.31 Å². The van der Waals surface area contributed by atoms with E-state index in [0.717, 1.165) is 6.92 Å². The second kappa shape index (κ2) is 10.2. The number of halogens is 1. The maximum Gasteiger partial charge on any atom is 0.488 e. The third-order valence-electron chi connectivity index (χ3n) is 3.11. The Labute approximate surface area is 160 Å². The summed E-state index contributed by atoms with van der Waals surface area (Å²) in [4.78, 5) is 37.3. The molecule has 20 heteroatoms. The Morgan fingerprint density at radius 2 is 1.64 bits per heavy atom. The van der Waals surface area contributed by atoms with E-state index in [0.29, 0.717) is 0 Å². The molecule has 1 aliphatic heterocycles. The summed E-state index contributed by atoms with van der Waals surface area (Å²) in [6, 6.07) is -0.555. The van der Waals surface area contributed by atoms with Gasteiger partial charge in [0, 0.05) is 12.2 Å². The number of rotatable bonds is 12. The van der Waals surface area contributed by atoms with Crippen LogP contribution in [0.2, 0.25) is 0 Å². The van der Waals surface area contributed by atoms with Crippen LogP contribution in [-0.4, -0.2) is 65.3 Å². The van der Waals surface area contributed by atoms with Crippen molar-refractivity contribution in [2.24, 2.45) is 0 Å². The van der Waals surface area contributed by atoms with E-state index in [1.165, 1.54) is 7.85 Å². The van der Waals surface area contributed by atoms with Crippen LogP contribution in [-0.2, 0) is 45.2 Å². The summed E-state index contributed by atoms with van der Waals surface area (Å²) in [6.07, 6.45) is -3.02. The average molecular weight is 494 g/mol. The maximum atomic E-state index is 12.1. The third kappa shape index (κ3) is 9.55. The van der Waals surface area contributed by atoms with Crippen molar-refractivity contribution < 1.29 is 69.2 Å². The summed E-state index contributed by atoms with van der Waals surface area (Å²) in [6.45, 7) is -1.28. The molecule has 0 bridgehead atoms. The van der Waals surface area contributed by atoms with Gasteiger partial charge in [0.15, 0.2) is 6.86 Å². The van der Waals surface area contributed by atoms with E-state index < -0.39 is 68.9 Å². The Morgan fingerprint density at radius 1 is 1.04 bits per heavy atom. The van der Waals surface area contributed by atoms with Crippen molar-refractivity contribution in [2.45, 2.75) is 31.6 Å². The van der Waals surface area contributed by atoms with Gasteiger partial charge in [0.25, 0.3) is 0 Å². The Morgan fingerprint density at radius 3 is 2.18 bits per heavy atom. The van der Waals surface area contributed by atoms with Crippen LogP contribution in [0.3, 0.4) is 0 Å². The highest BCUT2D eigenvalue weighted by Crippen LogP contribution is 2.67. The van der Waals surface area contributed by atoms with Crippen molar-refractivity contribution in [3.05, 3.63) is 0 Å². The molecule has 0 radical (unpaired) electrons. The molecule has 7 atom stereocenters. The van der Waals surface area contributed by atoms with Gasteiger partial charge in [-0.15, -0.1) is 0 Å².